The Morgan fingerprint density at radius 2 is 1.65 bits per heavy atom. The van der Waals surface area contributed by atoms with Crippen molar-refractivity contribution in [1.82, 2.24) is 0 Å². The third-order valence-corrected chi connectivity index (χ3v) is 2.78. The van der Waals surface area contributed by atoms with Crippen LogP contribution in [0.3, 0.4) is 0 Å². The van der Waals surface area contributed by atoms with Crippen LogP contribution in [0.25, 0.3) is 0 Å². The molecule has 0 aromatic heterocycles. The summed E-state index contributed by atoms with van der Waals surface area (Å²) in [4.78, 5) is 4.21. The van der Waals surface area contributed by atoms with E-state index in [1.165, 1.54) is 0 Å². The van der Waals surface area contributed by atoms with Crippen LogP contribution in [0.2, 0.25) is 0 Å². The number of hydrogen-bond acceptors (Lipinski definition) is 3. The Morgan fingerprint density at radius 1 is 1.00 bits per heavy atom. The molecule has 1 N–H and O–H groups in total. The summed E-state index contributed by atoms with van der Waals surface area (Å²) in [5.74, 6) is 0. The molecule has 0 saturated heterocycles. The molecule has 3 nitrogen and oxygen atoms in total. The van der Waals surface area contributed by atoms with Crippen LogP contribution in [0.5, 0.6) is 0 Å². The number of hydrogen-bond donors (Lipinski definition) is 1. The first-order valence-corrected chi connectivity index (χ1v) is 6.69. The van der Waals surface area contributed by atoms with Gasteiger partial charge in [-0.15, -0.1) is 0 Å². The van der Waals surface area contributed by atoms with Gasteiger partial charge < -0.3 is 9.84 Å². The van der Waals surface area contributed by atoms with Gasteiger partial charge in [-0.2, -0.15) is 0 Å². The lowest BCUT2D eigenvalue weighted by Gasteiger charge is -2.08. The highest BCUT2D eigenvalue weighted by molar-refractivity contribution is 5.79. The van der Waals surface area contributed by atoms with Crippen molar-refractivity contribution in [2.75, 3.05) is 13.2 Å². The first-order chi connectivity index (χ1) is 9.84. The van der Waals surface area contributed by atoms with Gasteiger partial charge in [0.05, 0.1) is 25.9 Å². The SMILES string of the molecule is OC(CN=Cc1ccccc1)COCc1ccccc1. The average molecular weight is 269 g/mol. The summed E-state index contributed by atoms with van der Waals surface area (Å²) in [5, 5.41) is 9.77. The maximum atomic E-state index is 9.77. The van der Waals surface area contributed by atoms with E-state index in [1.807, 2.05) is 60.7 Å². The Balaban J connectivity index is 1.66. The fraction of sp³-hybridized carbons (Fsp3) is 0.235. The van der Waals surface area contributed by atoms with Crippen molar-refractivity contribution in [1.29, 1.82) is 0 Å². The first-order valence-electron chi connectivity index (χ1n) is 6.69. The van der Waals surface area contributed by atoms with Gasteiger partial charge in [0, 0.05) is 6.21 Å². The number of benzene rings is 2. The standard InChI is InChI=1S/C17H19NO2/c19-17(12-18-11-15-7-3-1-4-8-15)14-20-13-16-9-5-2-6-10-16/h1-11,17,19H,12-14H2. The third-order valence-electron chi connectivity index (χ3n) is 2.78. The molecule has 2 aromatic rings. The summed E-state index contributed by atoms with van der Waals surface area (Å²) in [6.07, 6.45) is 1.19. The number of aliphatic hydroxyl groups is 1. The van der Waals surface area contributed by atoms with Crippen LogP contribution in [0.15, 0.2) is 65.7 Å². The monoisotopic (exact) mass is 269 g/mol. The van der Waals surface area contributed by atoms with Gasteiger partial charge in [-0.25, -0.2) is 0 Å². The quantitative estimate of drug-likeness (QED) is 0.785. The van der Waals surface area contributed by atoms with Gasteiger partial charge in [0.25, 0.3) is 0 Å². The maximum Gasteiger partial charge on any atom is 0.0968 e. The Kier molecular flexibility index (Phi) is 5.96. The van der Waals surface area contributed by atoms with Gasteiger partial charge in [0.1, 0.15) is 0 Å². The minimum atomic E-state index is -0.571. The molecule has 104 valence electrons. The molecule has 20 heavy (non-hydrogen) atoms. The van der Waals surface area contributed by atoms with Crippen molar-refractivity contribution in [3.05, 3.63) is 71.8 Å². The molecule has 0 radical (unpaired) electrons. The highest BCUT2D eigenvalue weighted by Crippen LogP contribution is 2.01. The van der Waals surface area contributed by atoms with E-state index in [0.717, 1.165) is 11.1 Å². The van der Waals surface area contributed by atoms with Gasteiger partial charge in [-0.1, -0.05) is 60.7 Å². The Morgan fingerprint density at radius 3 is 2.35 bits per heavy atom. The zero-order valence-electron chi connectivity index (χ0n) is 11.4. The molecule has 1 unspecified atom stereocenters. The van der Waals surface area contributed by atoms with Gasteiger partial charge >= 0.3 is 0 Å². The molecular weight excluding hydrogens is 250 g/mol. The molecule has 0 aliphatic heterocycles. The third kappa shape index (κ3) is 5.34. The number of nitrogens with zero attached hydrogens (tertiary/aromatic N) is 1. The summed E-state index contributed by atoms with van der Waals surface area (Å²) in [6.45, 7) is 1.16. The van der Waals surface area contributed by atoms with Crippen molar-refractivity contribution < 1.29 is 9.84 Å². The smallest absolute Gasteiger partial charge is 0.0968 e. The van der Waals surface area contributed by atoms with E-state index in [9.17, 15) is 5.11 Å². The lowest BCUT2D eigenvalue weighted by atomic mass is 10.2. The van der Waals surface area contributed by atoms with Crippen molar-refractivity contribution in [2.24, 2.45) is 4.99 Å². The van der Waals surface area contributed by atoms with E-state index in [-0.39, 0.29) is 0 Å². The molecule has 0 spiro atoms. The van der Waals surface area contributed by atoms with Crippen molar-refractivity contribution in [2.45, 2.75) is 12.7 Å². The van der Waals surface area contributed by atoms with Crippen molar-refractivity contribution >= 4 is 6.21 Å². The second-order valence-electron chi connectivity index (χ2n) is 4.56. The summed E-state index contributed by atoms with van der Waals surface area (Å²) in [5.41, 5.74) is 2.14. The molecule has 2 rings (SSSR count). The van der Waals surface area contributed by atoms with Crippen LogP contribution in [-0.2, 0) is 11.3 Å². The number of ether oxygens (including phenoxy) is 1. The Hall–Kier alpha value is -1.97. The van der Waals surface area contributed by atoms with E-state index < -0.39 is 6.10 Å². The van der Waals surface area contributed by atoms with E-state index in [2.05, 4.69) is 4.99 Å². The van der Waals surface area contributed by atoms with Crippen LogP contribution >= 0.6 is 0 Å². The average Bonchev–Trinajstić information content (AvgIpc) is 2.49. The van der Waals surface area contributed by atoms with Gasteiger partial charge in [0.15, 0.2) is 0 Å². The maximum absolute atomic E-state index is 9.77. The van der Waals surface area contributed by atoms with E-state index in [4.69, 9.17) is 4.74 Å². The van der Waals surface area contributed by atoms with Crippen molar-refractivity contribution in [3.8, 4) is 0 Å². The van der Waals surface area contributed by atoms with E-state index >= 15 is 0 Å². The summed E-state index contributed by atoms with van der Waals surface area (Å²) in [6, 6.07) is 19.7. The lowest BCUT2D eigenvalue weighted by molar-refractivity contribution is 0.0332. The fourth-order valence-corrected chi connectivity index (χ4v) is 1.76. The van der Waals surface area contributed by atoms with Crippen LogP contribution in [0.4, 0.5) is 0 Å². The first kappa shape index (κ1) is 14.4. The second-order valence-corrected chi connectivity index (χ2v) is 4.56. The number of aliphatic hydroxyl groups excluding tert-OH is 1. The predicted octanol–water partition coefficient (Wildman–Crippen LogP) is 2.68. The van der Waals surface area contributed by atoms with Crippen LogP contribution in [0.1, 0.15) is 11.1 Å². The minimum absolute atomic E-state index is 0.293. The molecule has 0 saturated carbocycles. The molecule has 0 amide bonds. The summed E-state index contributed by atoms with van der Waals surface area (Å²) >= 11 is 0. The topological polar surface area (TPSA) is 41.8 Å². The molecule has 0 fully saturated rings. The fourth-order valence-electron chi connectivity index (χ4n) is 1.76. The molecule has 0 bridgehead atoms. The Bertz CT molecular complexity index is 511. The Labute approximate surface area is 119 Å². The van der Waals surface area contributed by atoms with Gasteiger partial charge in [-0.3, -0.25) is 4.99 Å². The van der Waals surface area contributed by atoms with E-state index in [1.54, 1.807) is 6.21 Å². The molecule has 0 aliphatic rings. The van der Waals surface area contributed by atoms with Crippen LogP contribution in [0, 0.1) is 0 Å². The molecule has 2 aromatic carbocycles. The number of aliphatic imine (C=N–C) groups is 1. The normalized spacial score (nSPS) is 12.7. The van der Waals surface area contributed by atoms with E-state index in [0.29, 0.717) is 19.8 Å². The largest absolute Gasteiger partial charge is 0.389 e. The number of rotatable bonds is 7. The molecule has 0 heterocycles. The van der Waals surface area contributed by atoms with Crippen LogP contribution in [-0.4, -0.2) is 30.6 Å². The zero-order chi connectivity index (χ0) is 14.0. The second kappa shape index (κ2) is 8.25. The van der Waals surface area contributed by atoms with Gasteiger partial charge in [-0.05, 0) is 11.1 Å². The van der Waals surface area contributed by atoms with Crippen LogP contribution < -0.4 is 0 Å². The molecule has 0 aliphatic carbocycles. The summed E-state index contributed by atoms with van der Waals surface area (Å²) < 4.78 is 5.46. The predicted molar refractivity (Wildman–Crippen MR) is 81.0 cm³/mol. The zero-order valence-corrected chi connectivity index (χ0v) is 11.4. The molecule has 1 atom stereocenters. The minimum Gasteiger partial charge on any atom is -0.389 e. The lowest BCUT2D eigenvalue weighted by Crippen LogP contribution is -2.18. The highest BCUT2D eigenvalue weighted by Gasteiger charge is 2.02. The highest BCUT2D eigenvalue weighted by atomic mass is 16.5. The molecule has 3 heteroatoms. The van der Waals surface area contributed by atoms with Crippen molar-refractivity contribution in [3.63, 3.8) is 0 Å². The molecular formula is C17H19NO2. The van der Waals surface area contributed by atoms with Gasteiger partial charge in [0.2, 0.25) is 0 Å². The summed E-state index contributed by atoms with van der Waals surface area (Å²) in [7, 11) is 0.